The number of hydrogen-bond donors (Lipinski definition) is 2. The van der Waals surface area contributed by atoms with E-state index in [9.17, 15) is 0 Å². The van der Waals surface area contributed by atoms with Crippen LogP contribution in [0.5, 0.6) is 0 Å². The summed E-state index contributed by atoms with van der Waals surface area (Å²) >= 11 is 0. The number of aliphatic imine (C=N–C) groups is 1. The van der Waals surface area contributed by atoms with E-state index in [2.05, 4.69) is 47.1 Å². The number of amidine groups is 1. The molecule has 22 heavy (non-hydrogen) atoms. The predicted molar refractivity (Wildman–Crippen MR) is 90.0 cm³/mol. The molecule has 0 saturated carbocycles. The quantitative estimate of drug-likeness (QED) is 0.670. The van der Waals surface area contributed by atoms with Crippen molar-refractivity contribution in [3.05, 3.63) is 41.1 Å². The van der Waals surface area contributed by atoms with Crippen LogP contribution >= 0.6 is 0 Å². The van der Waals surface area contributed by atoms with Gasteiger partial charge < -0.3 is 15.6 Å². The Kier molecular flexibility index (Phi) is 4.80. The molecule has 0 radical (unpaired) electrons. The summed E-state index contributed by atoms with van der Waals surface area (Å²) in [6, 6.07) is 2.34. The maximum absolute atomic E-state index is 6.17. The first-order valence-electron chi connectivity index (χ1n) is 7.39. The van der Waals surface area contributed by atoms with Crippen LogP contribution in [-0.4, -0.2) is 27.4 Å². The summed E-state index contributed by atoms with van der Waals surface area (Å²) < 4.78 is 1.93. The number of aromatic nitrogens is 3. The van der Waals surface area contributed by atoms with Crippen molar-refractivity contribution in [3.63, 3.8) is 0 Å². The van der Waals surface area contributed by atoms with Gasteiger partial charge in [-0.05, 0) is 44.9 Å². The van der Waals surface area contributed by atoms with Gasteiger partial charge in [0.1, 0.15) is 11.5 Å². The molecule has 0 amide bonds. The maximum atomic E-state index is 6.17. The normalized spacial score (nSPS) is 12.0. The van der Waals surface area contributed by atoms with Gasteiger partial charge in [0.2, 0.25) is 0 Å². The number of anilines is 1. The van der Waals surface area contributed by atoms with Crippen molar-refractivity contribution in [3.8, 4) is 0 Å². The van der Waals surface area contributed by atoms with Crippen molar-refractivity contribution in [1.29, 1.82) is 0 Å². The molecule has 0 aromatic carbocycles. The zero-order chi connectivity index (χ0) is 16.3. The highest BCUT2D eigenvalue weighted by Gasteiger charge is 2.15. The maximum Gasteiger partial charge on any atom is 0.151 e. The van der Waals surface area contributed by atoms with Crippen molar-refractivity contribution >= 4 is 11.7 Å². The second-order valence-corrected chi connectivity index (χ2v) is 5.66. The van der Waals surface area contributed by atoms with E-state index in [0.29, 0.717) is 23.9 Å². The minimum Gasteiger partial charge on any atom is -0.383 e. The molecule has 6 nitrogen and oxygen atoms in total. The molecule has 6 heteroatoms. The molecular formula is C16H24N6. The highest BCUT2D eigenvalue weighted by Crippen LogP contribution is 2.16. The van der Waals surface area contributed by atoms with E-state index in [1.54, 1.807) is 13.4 Å². The summed E-state index contributed by atoms with van der Waals surface area (Å²) in [5, 5.41) is 3.31. The molecule has 0 atom stereocenters. The molecule has 0 fully saturated rings. The van der Waals surface area contributed by atoms with E-state index >= 15 is 0 Å². The Balaban J connectivity index is 2.17. The van der Waals surface area contributed by atoms with E-state index in [4.69, 9.17) is 5.73 Å². The summed E-state index contributed by atoms with van der Waals surface area (Å²) in [5.41, 5.74) is 10.2. The van der Waals surface area contributed by atoms with Crippen molar-refractivity contribution in [1.82, 2.24) is 19.9 Å². The van der Waals surface area contributed by atoms with Gasteiger partial charge in [-0.15, -0.1) is 0 Å². The molecule has 0 spiro atoms. The fraction of sp³-hybridized carbons (Fsp3) is 0.438. The first kappa shape index (κ1) is 16.0. The Morgan fingerprint density at radius 3 is 2.64 bits per heavy atom. The monoisotopic (exact) mass is 300 g/mol. The molecule has 0 aliphatic rings. The summed E-state index contributed by atoms with van der Waals surface area (Å²) in [5.74, 6) is 1.32. The Bertz CT molecular complexity index is 684. The highest BCUT2D eigenvalue weighted by atomic mass is 15.2. The zero-order valence-corrected chi connectivity index (χ0v) is 13.9. The third-order valence-electron chi connectivity index (χ3n) is 3.64. The van der Waals surface area contributed by atoms with Gasteiger partial charge >= 0.3 is 0 Å². The molecular weight excluding hydrogens is 276 g/mol. The number of aryl methyl sites for hydroxylation is 2. The first-order valence-corrected chi connectivity index (χ1v) is 7.39. The smallest absolute Gasteiger partial charge is 0.151 e. The summed E-state index contributed by atoms with van der Waals surface area (Å²) in [7, 11) is 1.73. The van der Waals surface area contributed by atoms with Crippen LogP contribution < -0.4 is 11.1 Å². The minimum absolute atomic E-state index is 0.267. The predicted octanol–water partition coefficient (Wildman–Crippen LogP) is 2.22. The molecule has 3 N–H and O–H groups in total. The van der Waals surface area contributed by atoms with Gasteiger partial charge in [0, 0.05) is 31.5 Å². The van der Waals surface area contributed by atoms with Gasteiger partial charge in [-0.1, -0.05) is 0 Å². The van der Waals surface area contributed by atoms with E-state index < -0.39 is 0 Å². The molecule has 118 valence electrons. The Morgan fingerprint density at radius 1 is 1.36 bits per heavy atom. The molecule has 0 aliphatic carbocycles. The first-order chi connectivity index (χ1) is 10.4. The van der Waals surface area contributed by atoms with Crippen LogP contribution in [0.15, 0.2) is 23.6 Å². The lowest BCUT2D eigenvalue weighted by Crippen LogP contribution is -2.26. The number of rotatable bonds is 4. The number of nitrogens with zero attached hydrogens (tertiary/aromatic N) is 4. The lowest BCUT2D eigenvalue weighted by Gasteiger charge is -2.12. The molecule has 0 unspecified atom stereocenters. The van der Waals surface area contributed by atoms with Crippen molar-refractivity contribution in [2.24, 2.45) is 4.99 Å². The average molecular weight is 300 g/mol. The van der Waals surface area contributed by atoms with E-state index in [1.807, 2.05) is 17.7 Å². The van der Waals surface area contributed by atoms with Crippen LogP contribution in [-0.2, 0) is 6.54 Å². The largest absolute Gasteiger partial charge is 0.383 e. The van der Waals surface area contributed by atoms with Crippen molar-refractivity contribution < 1.29 is 0 Å². The lowest BCUT2D eigenvalue weighted by atomic mass is 10.1. The standard InChI is InChI=1S/C16H24N6/c1-10(2)22-9-21-14(15(22)17)16(18-5)20-8-13-7-19-12(4)6-11(13)3/h6-7,9-10H,8,17H2,1-5H3,(H,18,20). The molecule has 0 aliphatic heterocycles. The number of pyridine rings is 1. The number of hydrogen-bond acceptors (Lipinski definition) is 4. The zero-order valence-electron chi connectivity index (χ0n) is 13.9. The summed E-state index contributed by atoms with van der Waals surface area (Å²) in [4.78, 5) is 13.0. The van der Waals surface area contributed by atoms with Crippen molar-refractivity contribution in [2.45, 2.75) is 40.3 Å². The Hall–Kier alpha value is -2.37. The molecule has 2 aromatic rings. The summed E-state index contributed by atoms with van der Waals surface area (Å²) in [6.07, 6.45) is 3.64. The van der Waals surface area contributed by atoms with Gasteiger partial charge in [0.05, 0.1) is 6.33 Å². The third-order valence-corrected chi connectivity index (χ3v) is 3.64. The van der Waals surface area contributed by atoms with E-state index in [0.717, 1.165) is 11.3 Å². The fourth-order valence-electron chi connectivity index (χ4n) is 2.32. The molecule has 0 saturated heterocycles. The second-order valence-electron chi connectivity index (χ2n) is 5.66. The number of nitrogen functional groups attached to an aromatic ring is 1. The van der Waals surface area contributed by atoms with E-state index in [-0.39, 0.29) is 6.04 Å². The van der Waals surface area contributed by atoms with Crippen LogP contribution in [0.25, 0.3) is 0 Å². The Morgan fingerprint density at radius 2 is 2.09 bits per heavy atom. The molecule has 2 aromatic heterocycles. The van der Waals surface area contributed by atoms with Crippen LogP contribution in [0, 0.1) is 13.8 Å². The van der Waals surface area contributed by atoms with Crippen LogP contribution in [0.2, 0.25) is 0 Å². The van der Waals surface area contributed by atoms with Crippen molar-refractivity contribution in [2.75, 3.05) is 12.8 Å². The lowest BCUT2D eigenvalue weighted by molar-refractivity contribution is 0.607. The number of nitrogens with two attached hydrogens (primary N) is 1. The number of imidazole rings is 1. The molecule has 2 heterocycles. The topological polar surface area (TPSA) is 81.1 Å². The third kappa shape index (κ3) is 3.27. The van der Waals surface area contributed by atoms with Gasteiger partial charge in [-0.25, -0.2) is 4.98 Å². The van der Waals surface area contributed by atoms with Crippen LogP contribution in [0.1, 0.15) is 42.4 Å². The van der Waals surface area contributed by atoms with Gasteiger partial charge in [-0.2, -0.15) is 0 Å². The minimum atomic E-state index is 0.267. The molecule has 0 bridgehead atoms. The molecule has 2 rings (SSSR count). The van der Waals surface area contributed by atoms with Gasteiger partial charge in [0.15, 0.2) is 5.84 Å². The fourth-order valence-corrected chi connectivity index (χ4v) is 2.32. The summed E-state index contributed by atoms with van der Waals surface area (Å²) in [6.45, 7) is 8.84. The van der Waals surface area contributed by atoms with Gasteiger partial charge in [0.25, 0.3) is 0 Å². The van der Waals surface area contributed by atoms with Gasteiger partial charge in [-0.3, -0.25) is 9.98 Å². The second kappa shape index (κ2) is 6.60. The highest BCUT2D eigenvalue weighted by molar-refractivity contribution is 6.00. The average Bonchev–Trinajstić information content (AvgIpc) is 2.84. The SMILES string of the molecule is CN=C(NCc1cnc(C)cc1C)c1ncn(C(C)C)c1N. The number of nitrogens with one attached hydrogen (secondary N) is 1. The van der Waals surface area contributed by atoms with E-state index in [1.165, 1.54) is 5.56 Å². The Labute approximate surface area is 131 Å². The van der Waals surface area contributed by atoms with Crippen LogP contribution in [0.4, 0.5) is 5.82 Å². The van der Waals surface area contributed by atoms with Crippen LogP contribution in [0.3, 0.4) is 0 Å².